The minimum atomic E-state index is -3.35. The Kier molecular flexibility index (Phi) is 4.04. The molecule has 0 amide bonds. The molecule has 2 rings (SSSR count). The molecule has 1 N–H and O–H groups in total. The molecule has 0 saturated carbocycles. The van der Waals surface area contributed by atoms with E-state index in [9.17, 15) is 8.42 Å². The Hall–Kier alpha value is -0.910. The minimum Gasteiger partial charge on any atom is -0.313 e. The Bertz CT molecular complexity index is 509. The summed E-state index contributed by atoms with van der Waals surface area (Å²) in [4.78, 5) is 0.405. The summed E-state index contributed by atoms with van der Waals surface area (Å²) < 4.78 is 26.9. The van der Waals surface area contributed by atoms with Crippen molar-refractivity contribution in [2.24, 2.45) is 0 Å². The first-order valence-corrected chi connectivity index (χ1v) is 7.79. The number of sulfonamides is 1. The molecular weight excluding hydrogens is 248 g/mol. The van der Waals surface area contributed by atoms with Crippen molar-refractivity contribution in [3.8, 4) is 0 Å². The van der Waals surface area contributed by atoms with Crippen molar-refractivity contribution in [3.63, 3.8) is 0 Å². The van der Waals surface area contributed by atoms with Crippen LogP contribution in [0.5, 0.6) is 0 Å². The molecular formula is C13H20N2O2S. The largest absolute Gasteiger partial charge is 0.313 e. The standard InChI is InChI=1S/C13H20N2O2S/c1-3-7-15(12-9-14-10-12)18(16,17)13-6-4-5-11(2)8-13/h4-6,8,12,14H,3,7,9-10H2,1-2H3. The maximum atomic E-state index is 12.6. The van der Waals surface area contributed by atoms with Crippen LogP contribution in [-0.4, -0.2) is 38.4 Å². The van der Waals surface area contributed by atoms with Gasteiger partial charge < -0.3 is 5.32 Å². The van der Waals surface area contributed by atoms with Crippen LogP contribution in [0.1, 0.15) is 18.9 Å². The molecule has 1 aliphatic rings. The predicted molar refractivity (Wildman–Crippen MR) is 72.0 cm³/mol. The molecule has 4 nitrogen and oxygen atoms in total. The van der Waals surface area contributed by atoms with Gasteiger partial charge in [0.1, 0.15) is 0 Å². The molecule has 0 aromatic heterocycles. The quantitative estimate of drug-likeness (QED) is 0.877. The Morgan fingerprint density at radius 1 is 1.39 bits per heavy atom. The van der Waals surface area contributed by atoms with Crippen LogP contribution in [0.3, 0.4) is 0 Å². The van der Waals surface area contributed by atoms with Crippen molar-refractivity contribution in [3.05, 3.63) is 29.8 Å². The molecule has 1 aromatic rings. The van der Waals surface area contributed by atoms with Crippen molar-refractivity contribution in [1.29, 1.82) is 0 Å². The van der Waals surface area contributed by atoms with E-state index < -0.39 is 10.0 Å². The maximum absolute atomic E-state index is 12.6. The van der Waals surface area contributed by atoms with Crippen molar-refractivity contribution < 1.29 is 8.42 Å². The zero-order valence-electron chi connectivity index (χ0n) is 10.9. The van der Waals surface area contributed by atoms with Crippen LogP contribution >= 0.6 is 0 Å². The van der Waals surface area contributed by atoms with E-state index in [0.717, 1.165) is 25.1 Å². The fourth-order valence-electron chi connectivity index (χ4n) is 2.11. The number of hydrogen-bond donors (Lipinski definition) is 1. The zero-order chi connectivity index (χ0) is 13.2. The van der Waals surface area contributed by atoms with Gasteiger partial charge in [-0.2, -0.15) is 4.31 Å². The third-order valence-corrected chi connectivity index (χ3v) is 5.16. The molecule has 0 unspecified atom stereocenters. The van der Waals surface area contributed by atoms with Gasteiger partial charge in [0.2, 0.25) is 10.0 Å². The number of nitrogens with one attached hydrogen (secondary N) is 1. The second-order valence-corrected chi connectivity index (χ2v) is 6.63. The van der Waals surface area contributed by atoms with E-state index in [4.69, 9.17) is 0 Å². The minimum absolute atomic E-state index is 0.107. The summed E-state index contributed by atoms with van der Waals surface area (Å²) in [6.07, 6.45) is 0.835. The summed E-state index contributed by atoms with van der Waals surface area (Å²) in [5, 5.41) is 3.13. The van der Waals surface area contributed by atoms with Gasteiger partial charge in [0.05, 0.1) is 10.9 Å². The summed E-state index contributed by atoms with van der Waals surface area (Å²) in [5.41, 5.74) is 0.972. The first kappa shape index (κ1) is 13.5. The zero-order valence-corrected chi connectivity index (χ0v) is 11.7. The second kappa shape index (κ2) is 5.38. The van der Waals surface area contributed by atoms with E-state index in [1.54, 1.807) is 22.5 Å². The van der Waals surface area contributed by atoms with Gasteiger partial charge in [0, 0.05) is 19.6 Å². The fourth-order valence-corrected chi connectivity index (χ4v) is 3.93. The number of nitrogens with zero attached hydrogens (tertiary/aromatic N) is 1. The van der Waals surface area contributed by atoms with E-state index in [2.05, 4.69) is 5.32 Å². The topological polar surface area (TPSA) is 49.4 Å². The number of aryl methyl sites for hydroxylation is 1. The highest BCUT2D eigenvalue weighted by atomic mass is 32.2. The van der Waals surface area contributed by atoms with Gasteiger partial charge in [0.15, 0.2) is 0 Å². The van der Waals surface area contributed by atoms with Crippen LogP contribution in [0.4, 0.5) is 0 Å². The lowest BCUT2D eigenvalue weighted by molar-refractivity contribution is 0.242. The Morgan fingerprint density at radius 2 is 2.11 bits per heavy atom. The van der Waals surface area contributed by atoms with Crippen LogP contribution in [0, 0.1) is 6.92 Å². The summed E-state index contributed by atoms with van der Waals surface area (Å²) in [6.45, 7) is 6.01. The maximum Gasteiger partial charge on any atom is 0.243 e. The van der Waals surface area contributed by atoms with Crippen LogP contribution in [-0.2, 0) is 10.0 Å². The third-order valence-electron chi connectivity index (χ3n) is 3.21. The lowest BCUT2D eigenvalue weighted by atomic mass is 10.2. The van der Waals surface area contributed by atoms with Gasteiger partial charge >= 0.3 is 0 Å². The molecule has 0 aliphatic carbocycles. The van der Waals surface area contributed by atoms with Crippen molar-refractivity contribution in [2.75, 3.05) is 19.6 Å². The highest BCUT2D eigenvalue weighted by Crippen LogP contribution is 2.21. The molecule has 1 fully saturated rings. The third kappa shape index (κ3) is 2.58. The lowest BCUT2D eigenvalue weighted by Gasteiger charge is -2.37. The van der Waals surface area contributed by atoms with Gasteiger partial charge in [-0.1, -0.05) is 19.1 Å². The highest BCUT2D eigenvalue weighted by molar-refractivity contribution is 7.89. The van der Waals surface area contributed by atoms with Crippen LogP contribution in [0.15, 0.2) is 29.2 Å². The molecule has 0 radical (unpaired) electrons. The van der Waals surface area contributed by atoms with E-state index in [-0.39, 0.29) is 6.04 Å². The molecule has 5 heteroatoms. The van der Waals surface area contributed by atoms with Gasteiger partial charge in [-0.15, -0.1) is 0 Å². The first-order valence-electron chi connectivity index (χ1n) is 6.35. The molecule has 0 atom stereocenters. The van der Waals surface area contributed by atoms with Crippen LogP contribution in [0.2, 0.25) is 0 Å². The normalized spacial score (nSPS) is 16.8. The monoisotopic (exact) mass is 268 g/mol. The highest BCUT2D eigenvalue weighted by Gasteiger charge is 2.34. The number of benzene rings is 1. The Morgan fingerprint density at radius 3 is 2.61 bits per heavy atom. The first-order chi connectivity index (χ1) is 8.55. The predicted octanol–water partition coefficient (Wildman–Crippen LogP) is 1.37. The van der Waals surface area contributed by atoms with Crippen LogP contribution < -0.4 is 5.32 Å². The molecule has 100 valence electrons. The average Bonchev–Trinajstić information content (AvgIpc) is 2.26. The van der Waals surface area contributed by atoms with E-state index in [0.29, 0.717) is 11.4 Å². The Labute approximate surface area is 109 Å². The molecule has 1 aromatic carbocycles. The van der Waals surface area contributed by atoms with Crippen molar-refractivity contribution >= 4 is 10.0 Å². The van der Waals surface area contributed by atoms with Gasteiger partial charge in [0.25, 0.3) is 0 Å². The van der Waals surface area contributed by atoms with Gasteiger partial charge in [-0.3, -0.25) is 0 Å². The molecule has 1 saturated heterocycles. The lowest BCUT2D eigenvalue weighted by Crippen LogP contribution is -2.58. The SMILES string of the molecule is CCCN(C1CNC1)S(=O)(=O)c1cccc(C)c1. The summed E-state index contributed by atoms with van der Waals surface area (Å²) in [7, 11) is -3.35. The molecule has 18 heavy (non-hydrogen) atoms. The van der Waals surface area contributed by atoms with E-state index >= 15 is 0 Å². The molecule has 0 spiro atoms. The summed E-state index contributed by atoms with van der Waals surface area (Å²) >= 11 is 0. The van der Waals surface area contributed by atoms with E-state index in [1.807, 2.05) is 19.9 Å². The average molecular weight is 268 g/mol. The fraction of sp³-hybridized carbons (Fsp3) is 0.538. The van der Waals surface area contributed by atoms with Gasteiger partial charge in [-0.05, 0) is 31.0 Å². The number of hydrogen-bond acceptors (Lipinski definition) is 3. The smallest absolute Gasteiger partial charge is 0.243 e. The molecule has 0 bridgehead atoms. The van der Waals surface area contributed by atoms with Crippen LogP contribution in [0.25, 0.3) is 0 Å². The summed E-state index contributed by atoms with van der Waals surface area (Å²) in [5.74, 6) is 0. The molecule has 1 aliphatic heterocycles. The van der Waals surface area contributed by atoms with Gasteiger partial charge in [-0.25, -0.2) is 8.42 Å². The Balaban J connectivity index is 2.32. The van der Waals surface area contributed by atoms with E-state index in [1.165, 1.54) is 0 Å². The summed E-state index contributed by atoms with van der Waals surface area (Å²) in [6, 6.07) is 7.23. The molecule has 1 heterocycles. The number of rotatable bonds is 5. The van der Waals surface area contributed by atoms with Crippen molar-refractivity contribution in [1.82, 2.24) is 9.62 Å². The van der Waals surface area contributed by atoms with Crippen molar-refractivity contribution in [2.45, 2.75) is 31.2 Å². The second-order valence-electron chi connectivity index (χ2n) is 4.74.